The summed E-state index contributed by atoms with van der Waals surface area (Å²) in [5.74, 6) is 0. The Kier molecular flexibility index (Phi) is 4.67. The standard InChI is InChI=1S/C10H18/c1-2-4-6-8-10-9-7-5-3-1/h1,4H,2-3,5-10H2. The lowest BCUT2D eigenvalue weighted by Gasteiger charge is -2.05. The molecule has 0 aromatic carbocycles. The van der Waals surface area contributed by atoms with E-state index in [4.69, 9.17) is 0 Å². The second kappa shape index (κ2) is 5.76. The van der Waals surface area contributed by atoms with Crippen molar-refractivity contribution in [2.24, 2.45) is 0 Å². The van der Waals surface area contributed by atoms with Crippen LogP contribution >= 0.6 is 0 Å². The second-order valence-corrected chi connectivity index (χ2v) is 3.16. The number of hydrogen-bond acceptors (Lipinski definition) is 0. The lowest BCUT2D eigenvalue weighted by Crippen LogP contribution is -1.87. The van der Waals surface area contributed by atoms with Gasteiger partial charge in [0.05, 0.1) is 0 Å². The highest BCUT2D eigenvalue weighted by Gasteiger charge is 1.96. The minimum atomic E-state index is 1.25. The van der Waals surface area contributed by atoms with Gasteiger partial charge in [-0.1, -0.05) is 44.9 Å². The summed E-state index contributed by atoms with van der Waals surface area (Å²) < 4.78 is 0. The summed E-state index contributed by atoms with van der Waals surface area (Å²) in [6.45, 7) is 0. The largest absolute Gasteiger partial charge is 0.0533 e. The van der Waals surface area contributed by atoms with Crippen LogP contribution in [-0.2, 0) is 0 Å². The predicted octanol–water partition coefficient (Wildman–Crippen LogP) is 3.53. The summed E-state index contributed by atoms with van der Waals surface area (Å²) in [7, 11) is 0. The lowest BCUT2D eigenvalue weighted by molar-refractivity contribution is 0.587. The predicted molar refractivity (Wildman–Crippen MR) is 45.5 cm³/mol. The van der Waals surface area contributed by atoms with E-state index in [2.05, 4.69) is 12.8 Å². The molecule has 1 aliphatic carbocycles. The molecule has 0 amide bonds. The molecule has 1 aliphatic rings. The molecule has 0 N–H and O–H groups in total. The highest BCUT2D eigenvalue weighted by Crippen LogP contribution is 2.14. The van der Waals surface area contributed by atoms with Gasteiger partial charge in [-0.25, -0.2) is 0 Å². The fourth-order valence-electron chi connectivity index (χ4n) is 1.46. The Morgan fingerprint density at radius 1 is 0.600 bits per heavy atom. The first kappa shape index (κ1) is 8.10. The lowest BCUT2D eigenvalue weighted by atomic mass is 10.0. The maximum Gasteiger partial charge on any atom is -0.0383 e. The van der Waals surface area contributed by atoms with Crippen LogP contribution in [0.15, 0.2) is 0 Å². The summed E-state index contributed by atoms with van der Waals surface area (Å²) in [6.07, 6.45) is 16.0. The zero-order valence-corrected chi connectivity index (χ0v) is 6.81. The van der Waals surface area contributed by atoms with Crippen molar-refractivity contribution in [1.82, 2.24) is 0 Å². The number of rotatable bonds is 0. The maximum atomic E-state index is 2.42. The quantitative estimate of drug-likeness (QED) is 0.480. The Labute approximate surface area is 65.0 Å². The van der Waals surface area contributed by atoms with Crippen LogP contribution in [0, 0.1) is 12.8 Å². The molecule has 0 atom stereocenters. The molecular formula is C10H18. The van der Waals surface area contributed by atoms with E-state index < -0.39 is 0 Å². The Bertz CT molecular complexity index is 33.2. The van der Waals surface area contributed by atoms with Gasteiger partial charge in [-0.3, -0.25) is 0 Å². The van der Waals surface area contributed by atoms with E-state index in [1.54, 1.807) is 0 Å². The molecule has 0 aliphatic heterocycles. The molecule has 0 aromatic heterocycles. The van der Waals surface area contributed by atoms with Crippen LogP contribution in [-0.4, -0.2) is 0 Å². The molecule has 0 spiro atoms. The Morgan fingerprint density at radius 2 is 1.10 bits per heavy atom. The van der Waals surface area contributed by atoms with Crippen LogP contribution in [0.1, 0.15) is 51.4 Å². The van der Waals surface area contributed by atoms with Crippen molar-refractivity contribution in [3.63, 3.8) is 0 Å². The highest BCUT2D eigenvalue weighted by molar-refractivity contribution is 4.76. The molecule has 0 heterocycles. The Morgan fingerprint density at radius 3 is 1.70 bits per heavy atom. The molecule has 1 rings (SSSR count). The topological polar surface area (TPSA) is 0 Å². The van der Waals surface area contributed by atoms with E-state index in [-0.39, 0.29) is 0 Å². The summed E-state index contributed by atoms with van der Waals surface area (Å²) in [6, 6.07) is 0. The first-order valence-corrected chi connectivity index (χ1v) is 4.63. The minimum absolute atomic E-state index is 1.25. The maximum absolute atomic E-state index is 2.42. The van der Waals surface area contributed by atoms with E-state index in [9.17, 15) is 0 Å². The molecule has 0 nitrogen and oxygen atoms in total. The summed E-state index contributed by atoms with van der Waals surface area (Å²) in [4.78, 5) is 0. The van der Waals surface area contributed by atoms with Gasteiger partial charge in [-0.2, -0.15) is 0 Å². The third-order valence-corrected chi connectivity index (χ3v) is 2.15. The second-order valence-electron chi connectivity index (χ2n) is 3.16. The van der Waals surface area contributed by atoms with Gasteiger partial charge in [0.15, 0.2) is 0 Å². The Balaban J connectivity index is 2.00. The summed E-state index contributed by atoms with van der Waals surface area (Å²) in [5.41, 5.74) is 0. The van der Waals surface area contributed by atoms with Gasteiger partial charge in [-0.05, 0) is 19.3 Å². The molecule has 1 fully saturated rings. The SMILES string of the molecule is [CH]1C[CH]CCCCCCC1. The van der Waals surface area contributed by atoms with Crippen molar-refractivity contribution in [2.75, 3.05) is 0 Å². The van der Waals surface area contributed by atoms with Crippen LogP contribution in [0.5, 0.6) is 0 Å². The monoisotopic (exact) mass is 138 g/mol. The third kappa shape index (κ3) is 3.92. The smallest absolute Gasteiger partial charge is 0.0383 e. The molecule has 0 unspecified atom stereocenters. The van der Waals surface area contributed by atoms with Crippen molar-refractivity contribution in [3.05, 3.63) is 12.8 Å². The minimum Gasteiger partial charge on any atom is -0.0533 e. The van der Waals surface area contributed by atoms with Crippen LogP contribution in [0.2, 0.25) is 0 Å². The van der Waals surface area contributed by atoms with Gasteiger partial charge in [0.1, 0.15) is 0 Å². The molecular weight excluding hydrogens is 120 g/mol. The number of hydrogen-bond donors (Lipinski definition) is 0. The van der Waals surface area contributed by atoms with Gasteiger partial charge in [0.2, 0.25) is 0 Å². The van der Waals surface area contributed by atoms with Gasteiger partial charge < -0.3 is 0 Å². The van der Waals surface area contributed by atoms with Gasteiger partial charge in [0, 0.05) is 0 Å². The van der Waals surface area contributed by atoms with Crippen LogP contribution in [0.3, 0.4) is 0 Å². The average Bonchev–Trinajstić information content (AvgIpc) is 2.01. The zero-order valence-electron chi connectivity index (χ0n) is 6.81. The highest BCUT2D eigenvalue weighted by atomic mass is 14.0. The van der Waals surface area contributed by atoms with E-state index >= 15 is 0 Å². The van der Waals surface area contributed by atoms with Crippen molar-refractivity contribution >= 4 is 0 Å². The normalized spacial score (nSPS) is 24.0. The van der Waals surface area contributed by atoms with E-state index in [1.165, 1.54) is 51.4 Å². The van der Waals surface area contributed by atoms with E-state index in [0.717, 1.165) is 0 Å². The molecule has 0 bridgehead atoms. The van der Waals surface area contributed by atoms with Gasteiger partial charge in [-0.15, -0.1) is 0 Å². The fourth-order valence-corrected chi connectivity index (χ4v) is 1.46. The van der Waals surface area contributed by atoms with Gasteiger partial charge in [0.25, 0.3) is 0 Å². The first-order chi connectivity index (χ1) is 5.00. The van der Waals surface area contributed by atoms with Crippen LogP contribution in [0.25, 0.3) is 0 Å². The van der Waals surface area contributed by atoms with Crippen molar-refractivity contribution in [1.29, 1.82) is 0 Å². The first-order valence-electron chi connectivity index (χ1n) is 4.63. The van der Waals surface area contributed by atoms with Gasteiger partial charge >= 0.3 is 0 Å². The fraction of sp³-hybridized carbons (Fsp3) is 0.800. The molecule has 0 heteroatoms. The average molecular weight is 138 g/mol. The van der Waals surface area contributed by atoms with Crippen LogP contribution in [0.4, 0.5) is 0 Å². The van der Waals surface area contributed by atoms with Crippen LogP contribution < -0.4 is 0 Å². The van der Waals surface area contributed by atoms with E-state index in [0.29, 0.717) is 0 Å². The third-order valence-electron chi connectivity index (χ3n) is 2.15. The van der Waals surface area contributed by atoms with E-state index in [1.807, 2.05) is 0 Å². The molecule has 2 radical (unpaired) electrons. The summed E-state index contributed by atoms with van der Waals surface area (Å²) >= 11 is 0. The molecule has 1 saturated carbocycles. The van der Waals surface area contributed by atoms with Crippen molar-refractivity contribution < 1.29 is 0 Å². The summed E-state index contributed by atoms with van der Waals surface area (Å²) in [5, 5.41) is 0. The molecule has 0 saturated heterocycles. The van der Waals surface area contributed by atoms with Crippen molar-refractivity contribution in [3.8, 4) is 0 Å². The molecule has 10 heavy (non-hydrogen) atoms. The Hall–Kier alpha value is 0. The molecule has 0 aromatic rings. The van der Waals surface area contributed by atoms with Crippen molar-refractivity contribution in [2.45, 2.75) is 51.4 Å². The zero-order chi connectivity index (χ0) is 7.07. The molecule has 58 valence electrons.